The second-order valence-electron chi connectivity index (χ2n) is 7.15. The van der Waals surface area contributed by atoms with Crippen LogP contribution in [0.25, 0.3) is 11.1 Å². The van der Waals surface area contributed by atoms with Crippen LogP contribution >= 0.6 is 0 Å². The van der Waals surface area contributed by atoms with Crippen molar-refractivity contribution in [3.05, 3.63) is 82.5 Å². The third-order valence-corrected chi connectivity index (χ3v) is 4.17. The molecule has 0 fully saturated rings. The van der Waals surface area contributed by atoms with E-state index in [0.29, 0.717) is 5.69 Å². The number of hydrogen-bond donors (Lipinski definition) is 2. The second-order valence-corrected chi connectivity index (χ2v) is 7.15. The molecule has 132 valence electrons. The smallest absolute Gasteiger partial charge is 0.261 e. The van der Waals surface area contributed by atoms with Crippen molar-refractivity contribution in [2.24, 2.45) is 0 Å². The minimum Gasteiger partial charge on any atom is -0.328 e. The summed E-state index contributed by atoms with van der Waals surface area (Å²) in [5, 5.41) is 2.79. The number of amides is 1. The van der Waals surface area contributed by atoms with Crippen LogP contribution in [0.15, 0.2) is 65.8 Å². The van der Waals surface area contributed by atoms with Crippen LogP contribution in [-0.4, -0.2) is 15.9 Å². The van der Waals surface area contributed by atoms with Gasteiger partial charge in [-0.25, -0.2) is 0 Å². The van der Waals surface area contributed by atoms with Gasteiger partial charge in [-0.05, 0) is 52.4 Å². The summed E-state index contributed by atoms with van der Waals surface area (Å²) in [5.74, 6) is -0.439. The van der Waals surface area contributed by atoms with E-state index in [2.05, 4.69) is 36.1 Å². The molecule has 0 atom stereocenters. The van der Waals surface area contributed by atoms with Crippen LogP contribution in [0, 0.1) is 0 Å². The van der Waals surface area contributed by atoms with Gasteiger partial charge < -0.3 is 10.3 Å². The maximum absolute atomic E-state index is 12.6. The van der Waals surface area contributed by atoms with E-state index in [-0.39, 0.29) is 11.0 Å². The Hall–Kier alpha value is -3.21. The molecule has 1 aromatic carbocycles. The number of benzene rings is 1. The molecule has 0 unspecified atom stereocenters. The van der Waals surface area contributed by atoms with Gasteiger partial charge in [0.25, 0.3) is 11.5 Å². The molecule has 3 aromatic rings. The van der Waals surface area contributed by atoms with Crippen LogP contribution in [-0.2, 0) is 5.41 Å². The van der Waals surface area contributed by atoms with Gasteiger partial charge >= 0.3 is 0 Å². The van der Waals surface area contributed by atoms with E-state index in [4.69, 9.17) is 0 Å². The maximum atomic E-state index is 12.6. The quantitative estimate of drug-likeness (QED) is 0.752. The molecule has 1 amide bonds. The molecule has 0 radical (unpaired) electrons. The predicted molar refractivity (Wildman–Crippen MR) is 103 cm³/mol. The largest absolute Gasteiger partial charge is 0.328 e. The average Bonchev–Trinajstić information content (AvgIpc) is 2.62. The fraction of sp³-hybridized carbons (Fsp3) is 0.190. The lowest BCUT2D eigenvalue weighted by atomic mass is 9.87. The van der Waals surface area contributed by atoms with Gasteiger partial charge in [-0.15, -0.1) is 0 Å². The highest BCUT2D eigenvalue weighted by Gasteiger charge is 2.15. The molecule has 26 heavy (non-hydrogen) atoms. The number of anilines is 1. The summed E-state index contributed by atoms with van der Waals surface area (Å²) in [7, 11) is 0. The first kappa shape index (κ1) is 17.6. The third kappa shape index (κ3) is 3.88. The molecule has 0 aliphatic rings. The first-order valence-electron chi connectivity index (χ1n) is 8.39. The number of pyridine rings is 2. The molecule has 0 saturated carbocycles. The summed E-state index contributed by atoms with van der Waals surface area (Å²) in [6, 6.07) is 12.9. The number of carbonyl (C=O) groups is 1. The zero-order valence-electron chi connectivity index (χ0n) is 15.0. The Balaban J connectivity index is 1.85. The fourth-order valence-electron chi connectivity index (χ4n) is 2.62. The SMILES string of the molecule is CC(C)(C)c1ccc(NC(=O)c2cc(-c3ccncc3)c[nH]c2=O)cc1. The zero-order valence-corrected chi connectivity index (χ0v) is 15.0. The van der Waals surface area contributed by atoms with Crippen molar-refractivity contribution in [3.63, 3.8) is 0 Å². The van der Waals surface area contributed by atoms with Crippen molar-refractivity contribution in [2.75, 3.05) is 5.32 Å². The molecule has 2 aromatic heterocycles. The molecule has 2 N–H and O–H groups in total. The Morgan fingerprint density at radius 3 is 2.27 bits per heavy atom. The summed E-state index contributed by atoms with van der Waals surface area (Å²) in [4.78, 5) is 31.2. The van der Waals surface area contributed by atoms with Crippen molar-refractivity contribution in [3.8, 4) is 11.1 Å². The van der Waals surface area contributed by atoms with Crippen LogP contribution in [0.5, 0.6) is 0 Å². The van der Waals surface area contributed by atoms with Crippen molar-refractivity contribution in [1.29, 1.82) is 0 Å². The molecular weight excluding hydrogens is 326 g/mol. The fourth-order valence-corrected chi connectivity index (χ4v) is 2.62. The summed E-state index contributed by atoms with van der Waals surface area (Å²) >= 11 is 0. The normalized spacial score (nSPS) is 11.2. The van der Waals surface area contributed by atoms with Gasteiger partial charge in [0.2, 0.25) is 0 Å². The lowest BCUT2D eigenvalue weighted by molar-refractivity contribution is 0.102. The van der Waals surface area contributed by atoms with E-state index in [1.807, 2.05) is 36.4 Å². The molecule has 0 aliphatic heterocycles. The van der Waals surface area contributed by atoms with Crippen LogP contribution in [0.3, 0.4) is 0 Å². The van der Waals surface area contributed by atoms with E-state index in [9.17, 15) is 9.59 Å². The van der Waals surface area contributed by atoms with E-state index >= 15 is 0 Å². The van der Waals surface area contributed by atoms with Gasteiger partial charge in [-0.3, -0.25) is 14.6 Å². The molecule has 2 heterocycles. The summed E-state index contributed by atoms with van der Waals surface area (Å²) in [6.45, 7) is 6.39. The number of hydrogen-bond acceptors (Lipinski definition) is 3. The van der Waals surface area contributed by atoms with Crippen molar-refractivity contribution in [1.82, 2.24) is 9.97 Å². The number of carbonyl (C=O) groups excluding carboxylic acids is 1. The number of H-pyrrole nitrogens is 1. The molecule has 0 aliphatic carbocycles. The third-order valence-electron chi connectivity index (χ3n) is 4.17. The number of aromatic nitrogens is 2. The van der Waals surface area contributed by atoms with Crippen LogP contribution in [0.1, 0.15) is 36.7 Å². The van der Waals surface area contributed by atoms with E-state index in [1.54, 1.807) is 24.7 Å². The highest BCUT2D eigenvalue weighted by Crippen LogP contribution is 2.24. The Kier molecular flexibility index (Phi) is 4.71. The monoisotopic (exact) mass is 347 g/mol. The van der Waals surface area contributed by atoms with E-state index in [0.717, 1.165) is 11.1 Å². The Morgan fingerprint density at radius 2 is 1.65 bits per heavy atom. The number of nitrogens with zero attached hydrogens (tertiary/aromatic N) is 1. The Morgan fingerprint density at radius 1 is 1.00 bits per heavy atom. The van der Waals surface area contributed by atoms with Crippen LogP contribution in [0.4, 0.5) is 5.69 Å². The van der Waals surface area contributed by atoms with E-state index in [1.165, 1.54) is 5.56 Å². The van der Waals surface area contributed by atoms with Gasteiger partial charge in [0.05, 0.1) is 0 Å². The van der Waals surface area contributed by atoms with Gasteiger partial charge in [0.15, 0.2) is 0 Å². The minimum atomic E-state index is -0.439. The van der Waals surface area contributed by atoms with Gasteiger partial charge in [-0.2, -0.15) is 0 Å². The number of rotatable bonds is 3. The van der Waals surface area contributed by atoms with Gasteiger partial charge in [0.1, 0.15) is 5.56 Å². The standard InChI is InChI=1S/C21H21N3O2/c1-21(2,3)16-4-6-17(7-5-16)24-20(26)18-12-15(13-23-19(18)25)14-8-10-22-11-9-14/h4-13H,1-3H3,(H,23,25)(H,24,26). The summed E-state index contributed by atoms with van der Waals surface area (Å²) < 4.78 is 0. The van der Waals surface area contributed by atoms with Crippen LogP contribution in [0.2, 0.25) is 0 Å². The number of aromatic amines is 1. The Labute approximate surface area is 152 Å². The lowest BCUT2D eigenvalue weighted by Crippen LogP contribution is -2.23. The topological polar surface area (TPSA) is 74.8 Å². The molecule has 0 spiro atoms. The number of nitrogens with one attached hydrogen (secondary N) is 2. The van der Waals surface area contributed by atoms with Crippen molar-refractivity contribution in [2.45, 2.75) is 26.2 Å². The van der Waals surface area contributed by atoms with Crippen molar-refractivity contribution < 1.29 is 4.79 Å². The van der Waals surface area contributed by atoms with E-state index < -0.39 is 11.5 Å². The molecular formula is C21H21N3O2. The highest BCUT2D eigenvalue weighted by atomic mass is 16.2. The molecule has 3 rings (SSSR count). The van der Waals surface area contributed by atoms with Gasteiger partial charge in [-0.1, -0.05) is 32.9 Å². The first-order valence-corrected chi connectivity index (χ1v) is 8.39. The second kappa shape index (κ2) is 6.96. The molecule has 5 heteroatoms. The molecule has 0 bridgehead atoms. The summed E-state index contributed by atoms with van der Waals surface area (Å²) in [6.07, 6.45) is 4.92. The molecule has 5 nitrogen and oxygen atoms in total. The van der Waals surface area contributed by atoms with Crippen LogP contribution < -0.4 is 10.9 Å². The Bertz CT molecular complexity index is 969. The predicted octanol–water partition coefficient (Wildman–Crippen LogP) is 3.99. The molecule has 0 saturated heterocycles. The average molecular weight is 347 g/mol. The van der Waals surface area contributed by atoms with Gasteiger partial charge in [0, 0.05) is 24.3 Å². The lowest BCUT2D eigenvalue weighted by Gasteiger charge is -2.19. The zero-order chi connectivity index (χ0) is 18.7. The minimum absolute atomic E-state index is 0.0402. The van der Waals surface area contributed by atoms with Crippen molar-refractivity contribution >= 4 is 11.6 Å². The highest BCUT2D eigenvalue weighted by molar-refractivity contribution is 6.04. The summed E-state index contributed by atoms with van der Waals surface area (Å²) in [5.41, 5.74) is 3.13. The first-order chi connectivity index (χ1) is 12.3. The maximum Gasteiger partial charge on any atom is 0.261 e.